The number of hydrogen-bond donors (Lipinski definition) is 3. The molecule has 0 saturated heterocycles. The third kappa shape index (κ3) is 36.8. The third-order valence-electron chi connectivity index (χ3n) is 8.95. The van der Waals surface area contributed by atoms with Crippen LogP contribution >= 0.6 is 7.82 Å². The molecule has 10 nitrogen and oxygen atoms in total. The molecular formula is C41H78NO9P. The molecule has 0 aromatic carbocycles. The lowest BCUT2D eigenvalue weighted by Gasteiger charge is -2.20. The van der Waals surface area contributed by atoms with E-state index in [0.717, 1.165) is 57.8 Å². The van der Waals surface area contributed by atoms with Crippen molar-refractivity contribution in [3.05, 3.63) is 24.3 Å². The van der Waals surface area contributed by atoms with Crippen LogP contribution in [0.15, 0.2) is 24.3 Å². The Kier molecular flexibility index (Phi) is 36.6. The highest BCUT2D eigenvalue weighted by Gasteiger charge is 2.27. The van der Waals surface area contributed by atoms with Crippen LogP contribution in [0.2, 0.25) is 0 Å². The van der Waals surface area contributed by atoms with Crippen molar-refractivity contribution in [1.29, 1.82) is 0 Å². The molecule has 11 heteroatoms. The Morgan fingerprint density at radius 3 is 1.46 bits per heavy atom. The van der Waals surface area contributed by atoms with Gasteiger partial charge in [0, 0.05) is 13.0 Å². The average molecular weight is 760 g/mol. The van der Waals surface area contributed by atoms with Crippen molar-refractivity contribution in [2.45, 2.75) is 199 Å². The highest BCUT2D eigenvalue weighted by molar-refractivity contribution is 7.47. The zero-order valence-corrected chi connectivity index (χ0v) is 34.1. The van der Waals surface area contributed by atoms with Gasteiger partial charge in [0.15, 0.2) is 0 Å². The molecule has 0 aromatic heterocycles. The minimum atomic E-state index is -4.61. The van der Waals surface area contributed by atoms with Gasteiger partial charge in [0.1, 0.15) is 12.1 Å². The second kappa shape index (κ2) is 37.8. The highest BCUT2D eigenvalue weighted by atomic mass is 31.2. The van der Waals surface area contributed by atoms with Gasteiger partial charge in [0.2, 0.25) is 0 Å². The Hall–Kier alpha value is -1.55. The molecule has 3 atom stereocenters. The summed E-state index contributed by atoms with van der Waals surface area (Å²) in [4.78, 5) is 33.5. The number of carboxylic acids is 1. The first kappa shape index (κ1) is 50.5. The van der Waals surface area contributed by atoms with Crippen LogP contribution in [0, 0.1) is 0 Å². The van der Waals surface area contributed by atoms with Gasteiger partial charge in [-0.05, 0) is 64.2 Å². The van der Waals surface area contributed by atoms with Crippen molar-refractivity contribution in [3.8, 4) is 0 Å². The number of allylic oxidation sites excluding steroid dienone is 4. The normalized spacial score (nSPS) is 14.2. The number of aliphatic carboxylic acids is 1. The molecule has 0 amide bonds. The third-order valence-corrected chi connectivity index (χ3v) is 9.90. The number of carbonyl (C=O) groups excluding carboxylic acids is 1. The van der Waals surface area contributed by atoms with Gasteiger partial charge in [0.25, 0.3) is 0 Å². The van der Waals surface area contributed by atoms with E-state index in [0.29, 0.717) is 13.0 Å². The van der Waals surface area contributed by atoms with E-state index in [-0.39, 0.29) is 13.0 Å². The van der Waals surface area contributed by atoms with E-state index in [1.807, 2.05) is 0 Å². The van der Waals surface area contributed by atoms with Crippen LogP contribution in [-0.2, 0) is 32.7 Å². The summed E-state index contributed by atoms with van der Waals surface area (Å²) in [7, 11) is -4.61. The minimum Gasteiger partial charge on any atom is -0.480 e. The number of carboxylic acid groups (broad SMARTS) is 1. The Bertz CT molecular complexity index is 930. The summed E-state index contributed by atoms with van der Waals surface area (Å²) in [5, 5.41) is 8.88. The van der Waals surface area contributed by atoms with E-state index in [2.05, 4.69) is 38.2 Å². The van der Waals surface area contributed by atoms with Crippen LogP contribution in [0.5, 0.6) is 0 Å². The van der Waals surface area contributed by atoms with Gasteiger partial charge in [-0.25, -0.2) is 4.57 Å². The average Bonchev–Trinajstić information content (AvgIpc) is 3.12. The fourth-order valence-electron chi connectivity index (χ4n) is 5.65. The standard InChI is InChI=1S/C41H78NO9P/c1-3-5-7-9-11-13-15-17-19-21-23-25-27-29-31-33-40(43)51-38(36-49-52(46,47)50-37-39(42)41(44)45)35-48-34-32-30-28-26-24-22-20-18-16-14-12-10-8-6-4-2/h16-19,38-39H,3-15,20-37,42H2,1-2H3,(H,44,45)(H,46,47)/b18-16-,19-17-. The molecule has 0 rings (SSSR count). The molecule has 3 unspecified atom stereocenters. The van der Waals surface area contributed by atoms with E-state index in [1.54, 1.807) is 0 Å². The summed E-state index contributed by atoms with van der Waals surface area (Å²) < 4.78 is 33.3. The second-order valence-electron chi connectivity index (χ2n) is 14.1. The maximum atomic E-state index is 12.6. The van der Waals surface area contributed by atoms with Crippen molar-refractivity contribution >= 4 is 19.8 Å². The first-order valence-corrected chi connectivity index (χ1v) is 22.4. The van der Waals surface area contributed by atoms with Gasteiger partial charge in [-0.1, -0.05) is 141 Å². The molecule has 0 bridgehead atoms. The second-order valence-corrected chi connectivity index (χ2v) is 15.6. The van der Waals surface area contributed by atoms with Gasteiger partial charge in [-0.3, -0.25) is 18.6 Å². The largest absolute Gasteiger partial charge is 0.480 e. The molecule has 0 aromatic rings. The minimum absolute atomic E-state index is 0.0116. The van der Waals surface area contributed by atoms with Crippen LogP contribution in [-0.4, -0.2) is 60.5 Å². The molecule has 4 N–H and O–H groups in total. The number of hydrogen-bond acceptors (Lipinski definition) is 8. The molecular weight excluding hydrogens is 681 g/mol. The lowest BCUT2D eigenvalue weighted by Crippen LogP contribution is -2.34. The van der Waals surface area contributed by atoms with Crippen molar-refractivity contribution in [2.75, 3.05) is 26.4 Å². The summed E-state index contributed by atoms with van der Waals surface area (Å²) >= 11 is 0. The number of unbranched alkanes of at least 4 members (excludes halogenated alkanes) is 22. The Morgan fingerprint density at radius 2 is 1.00 bits per heavy atom. The first-order valence-electron chi connectivity index (χ1n) is 20.9. The molecule has 0 aliphatic heterocycles. The summed E-state index contributed by atoms with van der Waals surface area (Å²) in [5.74, 6) is -1.79. The Labute approximate surface area is 317 Å². The van der Waals surface area contributed by atoms with E-state index >= 15 is 0 Å². The molecule has 0 fully saturated rings. The zero-order valence-electron chi connectivity index (χ0n) is 33.2. The molecule has 306 valence electrons. The number of esters is 1. The fraction of sp³-hybridized carbons (Fsp3) is 0.854. The molecule has 0 heterocycles. The smallest absolute Gasteiger partial charge is 0.472 e. The maximum Gasteiger partial charge on any atom is 0.472 e. The molecule has 0 spiro atoms. The first-order chi connectivity index (χ1) is 25.2. The molecule has 0 radical (unpaired) electrons. The van der Waals surface area contributed by atoms with Gasteiger partial charge in [-0.2, -0.15) is 0 Å². The summed E-state index contributed by atoms with van der Waals surface area (Å²) in [6, 6.07) is -1.47. The predicted octanol–water partition coefficient (Wildman–Crippen LogP) is 11.1. The van der Waals surface area contributed by atoms with Crippen molar-refractivity contribution in [2.24, 2.45) is 5.73 Å². The van der Waals surface area contributed by atoms with Crippen LogP contribution in [0.3, 0.4) is 0 Å². The Morgan fingerprint density at radius 1 is 0.596 bits per heavy atom. The topological polar surface area (TPSA) is 155 Å². The Balaban J connectivity index is 4.28. The number of ether oxygens (including phenoxy) is 2. The number of carbonyl (C=O) groups is 2. The number of nitrogens with two attached hydrogens (primary N) is 1. The van der Waals surface area contributed by atoms with Crippen LogP contribution in [0.25, 0.3) is 0 Å². The van der Waals surface area contributed by atoms with Gasteiger partial charge in [0.05, 0.1) is 19.8 Å². The monoisotopic (exact) mass is 760 g/mol. The summed E-state index contributed by atoms with van der Waals surface area (Å²) in [5.41, 5.74) is 5.35. The lowest BCUT2D eigenvalue weighted by atomic mass is 10.1. The van der Waals surface area contributed by atoms with Crippen LogP contribution in [0.1, 0.15) is 187 Å². The summed E-state index contributed by atoms with van der Waals surface area (Å²) in [6.07, 6.45) is 39.4. The van der Waals surface area contributed by atoms with Crippen LogP contribution in [0.4, 0.5) is 0 Å². The van der Waals surface area contributed by atoms with E-state index in [9.17, 15) is 19.0 Å². The number of rotatable bonds is 40. The van der Waals surface area contributed by atoms with Gasteiger partial charge < -0.3 is 25.2 Å². The highest BCUT2D eigenvalue weighted by Crippen LogP contribution is 2.43. The van der Waals surface area contributed by atoms with E-state index in [4.69, 9.17) is 29.4 Å². The molecule has 0 aliphatic rings. The maximum absolute atomic E-state index is 12.6. The lowest BCUT2D eigenvalue weighted by molar-refractivity contribution is -0.154. The van der Waals surface area contributed by atoms with Gasteiger partial charge in [-0.15, -0.1) is 0 Å². The molecule has 0 aliphatic carbocycles. The van der Waals surface area contributed by atoms with Gasteiger partial charge >= 0.3 is 19.8 Å². The van der Waals surface area contributed by atoms with Crippen molar-refractivity contribution < 1.29 is 42.7 Å². The van der Waals surface area contributed by atoms with Crippen molar-refractivity contribution in [1.82, 2.24) is 0 Å². The number of phosphoric acid groups is 1. The summed E-state index contributed by atoms with van der Waals surface area (Å²) in [6.45, 7) is 3.85. The predicted molar refractivity (Wildman–Crippen MR) is 212 cm³/mol. The SMILES string of the molecule is CCCCCCC/C=C\CCCCCCCCOCC(COP(=O)(O)OCC(N)C(=O)O)OC(=O)CCCCCCC/C=C\CCCCCCCC. The van der Waals surface area contributed by atoms with Crippen molar-refractivity contribution in [3.63, 3.8) is 0 Å². The quantitative estimate of drug-likeness (QED) is 0.0238. The van der Waals surface area contributed by atoms with E-state index in [1.165, 1.54) is 103 Å². The molecule has 52 heavy (non-hydrogen) atoms. The molecule has 0 saturated carbocycles. The number of phosphoric ester groups is 1. The fourth-order valence-corrected chi connectivity index (χ4v) is 6.43. The van der Waals surface area contributed by atoms with Crippen LogP contribution < -0.4 is 5.73 Å². The zero-order chi connectivity index (χ0) is 38.4. The van der Waals surface area contributed by atoms with E-state index < -0.39 is 45.1 Å².